The van der Waals surface area contributed by atoms with Gasteiger partial charge in [0.05, 0.1) is 0 Å². The molecule has 0 radical (unpaired) electrons. The van der Waals surface area contributed by atoms with Gasteiger partial charge in [0, 0.05) is 12.1 Å². The van der Waals surface area contributed by atoms with E-state index in [1.807, 2.05) is 30.3 Å². The Kier molecular flexibility index (Phi) is 40.7. The Morgan fingerprint density at radius 2 is 0.528 bits per heavy atom. The number of nitrogens with one attached hydrogen (secondary N) is 1. The SMILES string of the molecule is CCCCCCCCCCCCCCCCCCCCCCCCCCCCCCCCCCCCCCCCCCCCC(=O)Nc1ccccc1. The van der Waals surface area contributed by atoms with Crippen molar-refractivity contribution in [2.45, 2.75) is 283 Å². The van der Waals surface area contributed by atoms with E-state index in [0.29, 0.717) is 6.42 Å². The Morgan fingerprint density at radius 1 is 0.321 bits per heavy atom. The molecule has 310 valence electrons. The number of hydrogen-bond acceptors (Lipinski definition) is 1. The van der Waals surface area contributed by atoms with Crippen molar-refractivity contribution in [2.24, 2.45) is 0 Å². The van der Waals surface area contributed by atoms with Crippen molar-refractivity contribution < 1.29 is 4.79 Å². The number of hydrogen-bond donors (Lipinski definition) is 1. The van der Waals surface area contributed by atoms with Crippen LogP contribution in [-0.4, -0.2) is 5.91 Å². The molecule has 0 unspecified atom stereocenters. The molecule has 0 spiro atoms. The maximum atomic E-state index is 12.0. The molecular formula is C51H95NO. The van der Waals surface area contributed by atoms with Crippen LogP contribution in [0.3, 0.4) is 0 Å². The van der Waals surface area contributed by atoms with Crippen LogP contribution in [0.5, 0.6) is 0 Å². The molecule has 0 aliphatic heterocycles. The zero-order valence-electron chi connectivity index (χ0n) is 36.2. The number of amides is 1. The molecule has 0 bridgehead atoms. The second-order valence-electron chi connectivity index (χ2n) is 17.2. The van der Waals surface area contributed by atoms with Crippen LogP contribution in [0, 0.1) is 0 Å². The summed E-state index contributed by atoms with van der Waals surface area (Å²) in [7, 11) is 0. The van der Waals surface area contributed by atoms with E-state index in [0.717, 1.165) is 12.1 Å². The second-order valence-corrected chi connectivity index (χ2v) is 17.2. The first-order valence-electron chi connectivity index (χ1n) is 24.7. The highest BCUT2D eigenvalue weighted by Gasteiger charge is 2.02. The fraction of sp³-hybridized carbons (Fsp3) is 0.863. The smallest absolute Gasteiger partial charge is 0.224 e. The lowest BCUT2D eigenvalue weighted by Crippen LogP contribution is -2.10. The molecule has 0 aliphatic carbocycles. The number of unbranched alkanes of at least 4 members (excludes halogenated alkanes) is 41. The standard InChI is InChI=1S/C51H95NO/c1-2-3-4-5-6-7-8-9-10-11-12-13-14-15-16-17-18-19-20-21-22-23-24-25-26-27-28-29-30-31-32-33-34-35-36-37-38-39-40-41-42-46-49-51(53)52-50-47-44-43-45-48-50/h43-45,47-48H,2-42,46,49H2,1H3,(H,52,53). The van der Waals surface area contributed by atoms with Gasteiger partial charge in [-0.1, -0.05) is 288 Å². The summed E-state index contributed by atoms with van der Waals surface area (Å²) >= 11 is 0. The van der Waals surface area contributed by atoms with Crippen molar-refractivity contribution in [3.05, 3.63) is 30.3 Å². The van der Waals surface area contributed by atoms with Crippen molar-refractivity contribution in [1.29, 1.82) is 0 Å². The highest BCUT2D eigenvalue weighted by atomic mass is 16.1. The van der Waals surface area contributed by atoms with Gasteiger partial charge in [-0.05, 0) is 18.6 Å². The fourth-order valence-electron chi connectivity index (χ4n) is 8.17. The number of carbonyl (C=O) groups excluding carboxylic acids is 1. The summed E-state index contributed by atoms with van der Waals surface area (Å²) in [6.07, 6.45) is 61.2. The van der Waals surface area contributed by atoms with Crippen molar-refractivity contribution in [2.75, 3.05) is 5.32 Å². The molecule has 0 fully saturated rings. The van der Waals surface area contributed by atoms with E-state index in [-0.39, 0.29) is 5.91 Å². The zero-order valence-corrected chi connectivity index (χ0v) is 36.2. The molecule has 1 rings (SSSR count). The maximum absolute atomic E-state index is 12.0. The number of anilines is 1. The maximum Gasteiger partial charge on any atom is 0.224 e. The Balaban J connectivity index is 1.62. The number of benzene rings is 1. The molecular weight excluding hydrogens is 643 g/mol. The van der Waals surface area contributed by atoms with Crippen LogP contribution in [0.2, 0.25) is 0 Å². The predicted octanol–water partition coefficient (Wildman–Crippen LogP) is 18.4. The second kappa shape index (κ2) is 43.4. The zero-order chi connectivity index (χ0) is 37.8. The normalized spacial score (nSPS) is 11.4. The predicted molar refractivity (Wildman–Crippen MR) is 239 cm³/mol. The van der Waals surface area contributed by atoms with E-state index >= 15 is 0 Å². The summed E-state index contributed by atoms with van der Waals surface area (Å²) in [4.78, 5) is 12.0. The summed E-state index contributed by atoms with van der Waals surface area (Å²) < 4.78 is 0. The average Bonchev–Trinajstić information content (AvgIpc) is 3.17. The molecule has 2 nitrogen and oxygen atoms in total. The van der Waals surface area contributed by atoms with Gasteiger partial charge in [-0.15, -0.1) is 0 Å². The summed E-state index contributed by atoms with van der Waals surface area (Å²) in [5.41, 5.74) is 0.907. The molecule has 0 aromatic heterocycles. The lowest BCUT2D eigenvalue weighted by atomic mass is 10.0. The van der Waals surface area contributed by atoms with Crippen LogP contribution < -0.4 is 5.32 Å². The Hall–Kier alpha value is -1.31. The molecule has 0 aliphatic rings. The first kappa shape index (κ1) is 49.7. The van der Waals surface area contributed by atoms with E-state index in [1.54, 1.807) is 0 Å². The summed E-state index contributed by atoms with van der Waals surface area (Å²) in [5.74, 6) is 0.151. The first-order chi connectivity index (χ1) is 26.3. The highest BCUT2D eigenvalue weighted by molar-refractivity contribution is 5.90. The minimum atomic E-state index is 0.151. The van der Waals surface area contributed by atoms with Crippen LogP contribution in [0.15, 0.2) is 30.3 Å². The quantitative estimate of drug-likeness (QED) is 0.0664. The van der Waals surface area contributed by atoms with Crippen molar-refractivity contribution >= 4 is 11.6 Å². The van der Waals surface area contributed by atoms with Crippen LogP contribution in [-0.2, 0) is 4.79 Å². The van der Waals surface area contributed by atoms with Gasteiger partial charge < -0.3 is 5.32 Å². The van der Waals surface area contributed by atoms with Crippen LogP contribution in [0.4, 0.5) is 5.69 Å². The lowest BCUT2D eigenvalue weighted by Gasteiger charge is -2.05. The largest absolute Gasteiger partial charge is 0.326 e. The molecule has 0 heterocycles. The van der Waals surface area contributed by atoms with E-state index in [4.69, 9.17) is 0 Å². The number of rotatable bonds is 44. The molecule has 1 amide bonds. The third-order valence-electron chi connectivity index (χ3n) is 11.8. The topological polar surface area (TPSA) is 29.1 Å². The van der Waals surface area contributed by atoms with Gasteiger partial charge >= 0.3 is 0 Å². The summed E-state index contributed by atoms with van der Waals surface area (Å²) in [6.45, 7) is 2.31. The van der Waals surface area contributed by atoms with Crippen molar-refractivity contribution in [3.8, 4) is 0 Å². The summed E-state index contributed by atoms with van der Waals surface area (Å²) in [5, 5.41) is 2.98. The van der Waals surface area contributed by atoms with Crippen LogP contribution >= 0.6 is 0 Å². The lowest BCUT2D eigenvalue weighted by molar-refractivity contribution is -0.116. The van der Waals surface area contributed by atoms with Gasteiger partial charge in [0.2, 0.25) is 5.91 Å². The van der Waals surface area contributed by atoms with Gasteiger partial charge in [0.15, 0.2) is 0 Å². The molecule has 1 aromatic rings. The van der Waals surface area contributed by atoms with Gasteiger partial charge in [-0.25, -0.2) is 0 Å². The summed E-state index contributed by atoms with van der Waals surface area (Å²) in [6, 6.07) is 9.79. The molecule has 0 saturated carbocycles. The van der Waals surface area contributed by atoms with Crippen molar-refractivity contribution in [3.63, 3.8) is 0 Å². The third kappa shape index (κ3) is 40.2. The minimum Gasteiger partial charge on any atom is -0.326 e. The Labute approximate surface area is 334 Å². The molecule has 1 aromatic carbocycles. The van der Waals surface area contributed by atoms with E-state index in [9.17, 15) is 4.79 Å². The van der Waals surface area contributed by atoms with Gasteiger partial charge in [0.25, 0.3) is 0 Å². The van der Waals surface area contributed by atoms with E-state index in [1.165, 1.54) is 263 Å². The molecule has 0 saturated heterocycles. The molecule has 1 N–H and O–H groups in total. The Bertz CT molecular complexity index is 821. The van der Waals surface area contributed by atoms with Gasteiger partial charge in [-0.2, -0.15) is 0 Å². The minimum absolute atomic E-state index is 0.151. The number of carbonyl (C=O) groups is 1. The van der Waals surface area contributed by atoms with E-state index in [2.05, 4.69) is 12.2 Å². The van der Waals surface area contributed by atoms with Crippen LogP contribution in [0.25, 0.3) is 0 Å². The van der Waals surface area contributed by atoms with E-state index < -0.39 is 0 Å². The van der Waals surface area contributed by atoms with Crippen LogP contribution in [0.1, 0.15) is 283 Å². The molecule has 53 heavy (non-hydrogen) atoms. The fourth-order valence-corrected chi connectivity index (χ4v) is 8.17. The third-order valence-corrected chi connectivity index (χ3v) is 11.8. The van der Waals surface area contributed by atoms with Crippen molar-refractivity contribution in [1.82, 2.24) is 0 Å². The number of para-hydroxylation sites is 1. The first-order valence-corrected chi connectivity index (χ1v) is 24.7. The highest BCUT2D eigenvalue weighted by Crippen LogP contribution is 2.18. The monoisotopic (exact) mass is 738 g/mol. The molecule has 0 atom stereocenters. The Morgan fingerprint density at radius 3 is 0.755 bits per heavy atom. The molecule has 2 heteroatoms. The average molecular weight is 738 g/mol. The van der Waals surface area contributed by atoms with Gasteiger partial charge in [0.1, 0.15) is 0 Å². The van der Waals surface area contributed by atoms with Gasteiger partial charge in [-0.3, -0.25) is 4.79 Å².